The topological polar surface area (TPSA) is 631 Å². The molecule has 1 aliphatic rings. The molecule has 0 bridgehead atoms. The molecule has 1 heterocycles. The second kappa shape index (κ2) is 51.1. The molecule has 0 radical (unpaired) electrons. The maximum Gasteiger partial charge on any atom is 0.490 e. The fourth-order valence-corrected chi connectivity index (χ4v) is 10.5. The molecule has 3 rings (SSSR count). The van der Waals surface area contributed by atoms with Gasteiger partial charge in [-0.15, -0.1) is 0 Å². The second-order valence-electron chi connectivity index (χ2n) is 28.5. The molecule has 0 spiro atoms. The van der Waals surface area contributed by atoms with Crippen LogP contribution >= 0.6 is 0 Å². The predicted molar refractivity (Wildman–Crippen MR) is 402 cm³/mol. The number of halogens is 6. The number of carbonyl (C=O) groups excluding carboxylic acids is 13. The molecule has 15 atom stereocenters. The zero-order valence-electron chi connectivity index (χ0n) is 66.3. The third-order valence-electron chi connectivity index (χ3n) is 16.8. The number of nitrogens with zero attached hydrogens (tertiary/aromatic N) is 1. The summed E-state index contributed by atoms with van der Waals surface area (Å²) < 4.78 is 74.7. The van der Waals surface area contributed by atoms with Gasteiger partial charge in [0.15, 0.2) is 24.2 Å². The molecule has 1 fully saturated rings. The Kier molecular flexibility index (Phi) is 45.4. The maximum absolute atomic E-state index is 15.5. The van der Waals surface area contributed by atoms with E-state index in [0.717, 1.165) is 6.92 Å². The summed E-state index contributed by atoms with van der Waals surface area (Å²) in [6.07, 6.45) is -19.4. The minimum absolute atomic E-state index is 0.0307. The monoisotopic (exact) mass is 1680 g/mol. The molecule has 0 aromatic heterocycles. The Bertz CT molecular complexity index is 3610. The summed E-state index contributed by atoms with van der Waals surface area (Å²) in [5.74, 6) is -22.8. The summed E-state index contributed by atoms with van der Waals surface area (Å²) in [6, 6.07) is -2.50. The van der Waals surface area contributed by atoms with Gasteiger partial charge < -0.3 is 121 Å². The van der Waals surface area contributed by atoms with Crippen LogP contribution in [-0.4, -0.2) is 249 Å². The summed E-state index contributed by atoms with van der Waals surface area (Å²) >= 11 is 0. The Morgan fingerprint density at radius 3 is 1.60 bits per heavy atom. The minimum Gasteiger partial charge on any atom is -0.475 e. The van der Waals surface area contributed by atoms with Crippen LogP contribution < -0.4 is 81.0 Å². The number of hydrogen-bond acceptors (Lipinski definition) is 23. The largest absolute Gasteiger partial charge is 0.490 e. The fraction of sp³-hybridized carbons (Fsp3) is 0.611. The number of rotatable bonds is 28. The van der Waals surface area contributed by atoms with E-state index in [2.05, 4.69) is 68.8 Å². The lowest BCUT2D eigenvalue weighted by atomic mass is 9.95. The molecule has 1 saturated heterocycles. The molecule has 2 aromatic rings. The van der Waals surface area contributed by atoms with E-state index in [1.807, 2.05) is 13.8 Å². The van der Waals surface area contributed by atoms with E-state index in [4.69, 9.17) is 46.5 Å². The number of aliphatic hydroxyl groups is 4. The van der Waals surface area contributed by atoms with Gasteiger partial charge in [0.25, 0.3) is 5.91 Å². The van der Waals surface area contributed by atoms with Gasteiger partial charge in [-0.25, -0.2) is 19.2 Å². The zero-order valence-corrected chi connectivity index (χ0v) is 66.3. The lowest BCUT2D eigenvalue weighted by molar-refractivity contribution is -0.193. The number of aliphatic imine (C=N–C) groups is 1. The highest BCUT2D eigenvalue weighted by Crippen LogP contribution is 2.25. The standard InChI is InChI=1S/C68H108N16O19.2C2HF3O2/c1-12-38(10)48-61(95)82-49(39(11)86)60(94)75-31-47(87)80-51(54(89)65(99)72-26-27-74-68(101)102-33-40-20-15-13-16-21-40)63(97)79-46(32-85)66(100)103-55(41-22-17-14-18-23-41)52(84-59(93)45(30-36(6)7)77-56(90)42(69)28-34(2)3)64(98)83-50(53(88)37(8)9)62(96)78-44(29-35(4)5)58(92)76-43(57(91)81-48)24-19-25-73-67(70)71;2*3-2(4,5)1(6)7/h13-18,20-23,34-39,42-46,48-55,85-86,88-89H,12,19,24-33,69H2,1-11H3,(H,72,99)(H,74,101)(H,75,94)(H,76,92)(H,77,90)(H,78,96)(H,79,97)(H,80,87)(H,81,91)(H,82,95)(H,83,98)(H,84,93)(H4,70,71,73);2*(H,6,7)/t38-,39-,42+,43+,44-,45-,46-,48-,49-,50-,51-,52-,53+,54-,55+;;/m0../s1. The summed E-state index contributed by atoms with van der Waals surface area (Å²) in [5.41, 5.74) is 18.0. The van der Waals surface area contributed by atoms with Crippen LogP contribution in [0.2, 0.25) is 0 Å². The quantitative estimate of drug-likeness (QED) is 0.0136. The number of carboxylic acids is 2. The van der Waals surface area contributed by atoms with Crippen LogP contribution in [0.1, 0.15) is 132 Å². The lowest BCUT2D eigenvalue weighted by Crippen LogP contribution is -2.64. The van der Waals surface area contributed by atoms with Crippen molar-refractivity contribution < 1.29 is 138 Å². The van der Waals surface area contributed by atoms with E-state index in [1.54, 1.807) is 71.9 Å². The number of hydrogen-bond donors (Lipinski definition) is 21. The molecule has 0 saturated carbocycles. The second-order valence-corrected chi connectivity index (χ2v) is 28.5. The van der Waals surface area contributed by atoms with Gasteiger partial charge in [0.05, 0.1) is 31.4 Å². The van der Waals surface area contributed by atoms with E-state index >= 15 is 9.59 Å². The Hall–Kier alpha value is -11.1. The van der Waals surface area contributed by atoms with E-state index in [9.17, 15) is 99.5 Å². The highest BCUT2D eigenvalue weighted by Gasteiger charge is 2.45. The van der Waals surface area contributed by atoms with Gasteiger partial charge in [0.1, 0.15) is 54.9 Å². The number of aliphatic hydroxyl groups excluding tert-OH is 4. The van der Waals surface area contributed by atoms with Gasteiger partial charge in [0, 0.05) is 19.6 Å². The summed E-state index contributed by atoms with van der Waals surface area (Å²) in [7, 11) is 0. The lowest BCUT2D eigenvalue weighted by Gasteiger charge is -2.34. The van der Waals surface area contributed by atoms with Crippen LogP contribution in [0.15, 0.2) is 65.7 Å². The first-order valence-electron chi connectivity index (χ1n) is 36.9. The first kappa shape index (κ1) is 104. The van der Waals surface area contributed by atoms with Crippen LogP contribution in [0.3, 0.4) is 0 Å². The van der Waals surface area contributed by atoms with E-state index < -0.39 is 224 Å². The Labute approximate surface area is 669 Å². The molecular weight excluding hydrogens is 1570 g/mol. The third-order valence-corrected chi connectivity index (χ3v) is 16.8. The van der Waals surface area contributed by atoms with Crippen LogP contribution in [-0.2, 0) is 83.2 Å². The molecular formula is C72H110F6N16O23. The van der Waals surface area contributed by atoms with Crippen molar-refractivity contribution in [2.24, 2.45) is 51.8 Å². The predicted octanol–water partition coefficient (Wildman–Crippen LogP) is -2.61. The number of esters is 1. The minimum atomic E-state index is -5.08. The number of benzene rings is 2. The molecule has 24 N–H and O–H groups in total. The number of alkyl carbamates (subject to hydrolysis) is 1. The van der Waals surface area contributed by atoms with Crippen molar-refractivity contribution in [3.8, 4) is 0 Å². The summed E-state index contributed by atoms with van der Waals surface area (Å²) in [4.78, 5) is 208. The van der Waals surface area contributed by atoms with Crippen molar-refractivity contribution in [3.05, 3.63) is 71.8 Å². The number of carbonyl (C=O) groups is 15. The van der Waals surface area contributed by atoms with Gasteiger partial charge in [-0.1, -0.05) is 136 Å². The van der Waals surface area contributed by atoms with Gasteiger partial charge >= 0.3 is 36.4 Å². The smallest absolute Gasteiger partial charge is 0.475 e. The van der Waals surface area contributed by atoms with Crippen LogP contribution in [0.4, 0.5) is 31.1 Å². The molecule has 1 aliphatic heterocycles. The normalized spacial score (nSPS) is 21.5. The number of nitrogens with two attached hydrogens (primary N) is 3. The van der Waals surface area contributed by atoms with Crippen molar-refractivity contribution in [1.82, 2.24) is 63.8 Å². The van der Waals surface area contributed by atoms with Crippen LogP contribution in [0, 0.1) is 29.6 Å². The SMILES string of the molecule is CC[C@H](C)[C@@H]1NC(=O)[C@@H](CCCN=C(N)N)NC(=O)[C@H](CC(C)C)NC(=O)[C@H]([C@H](O)C(C)C)NC(=O)[C@@H](NC(=O)[C@H](CC(C)C)NC(=O)[C@H](N)CC(C)C)[C@@H](c2ccccc2)OC(=O)[C@H](CO)NC(=O)[C@H]([C@H](O)C(=O)NCCNC(=O)OCc2ccccc2)NC(=O)CNC(=O)[C@H]([C@H](C)O)NC1=O.O=C(O)C(F)(F)F.O=C(O)C(F)(F)F. The number of ether oxygens (including phenoxy) is 2. The molecule has 2 aromatic carbocycles. The number of cyclic esters (lactones) is 1. The highest BCUT2D eigenvalue weighted by molar-refractivity contribution is 6.00. The average Bonchev–Trinajstić information content (AvgIpc) is 0.808. The number of carboxylic acid groups (broad SMARTS) is 2. The van der Waals surface area contributed by atoms with Crippen molar-refractivity contribution in [3.63, 3.8) is 0 Å². The molecule has 45 heteroatoms. The van der Waals surface area contributed by atoms with Gasteiger partial charge in [-0.2, -0.15) is 26.3 Å². The average molecular weight is 1680 g/mol. The Morgan fingerprint density at radius 1 is 0.598 bits per heavy atom. The zero-order chi connectivity index (χ0) is 89.5. The number of amides is 12. The van der Waals surface area contributed by atoms with Crippen LogP contribution in [0.25, 0.3) is 0 Å². The molecule has 39 nitrogen and oxygen atoms in total. The van der Waals surface area contributed by atoms with Crippen molar-refractivity contribution >= 4 is 94.9 Å². The van der Waals surface area contributed by atoms with Crippen LogP contribution in [0.5, 0.6) is 0 Å². The Balaban J connectivity index is 0.00000445. The van der Waals surface area contributed by atoms with Crippen molar-refractivity contribution in [1.29, 1.82) is 0 Å². The van der Waals surface area contributed by atoms with E-state index in [0.29, 0.717) is 5.56 Å². The number of nitrogens with one attached hydrogen (secondary N) is 12. The van der Waals surface area contributed by atoms with Gasteiger partial charge in [-0.05, 0) is 79.7 Å². The first-order valence-corrected chi connectivity index (χ1v) is 36.9. The molecule has 117 heavy (non-hydrogen) atoms. The maximum atomic E-state index is 15.5. The number of aliphatic carboxylic acids is 2. The number of guanidine groups is 1. The summed E-state index contributed by atoms with van der Waals surface area (Å²) in [5, 5.41) is 88.5. The fourth-order valence-electron chi connectivity index (χ4n) is 10.5. The van der Waals surface area contributed by atoms with E-state index in [1.165, 1.54) is 44.2 Å². The van der Waals surface area contributed by atoms with E-state index in [-0.39, 0.29) is 81.6 Å². The molecule has 0 aliphatic carbocycles. The van der Waals surface area contributed by atoms with Crippen molar-refractivity contribution in [2.45, 2.75) is 218 Å². The van der Waals surface area contributed by atoms with Gasteiger partial charge in [0.2, 0.25) is 59.1 Å². The third kappa shape index (κ3) is 39.0. The molecule has 658 valence electrons. The van der Waals surface area contributed by atoms with Gasteiger partial charge in [-0.3, -0.25) is 57.7 Å². The first-order chi connectivity index (χ1) is 54.4. The highest BCUT2D eigenvalue weighted by atomic mass is 19.4. The van der Waals surface area contributed by atoms with Crippen molar-refractivity contribution in [2.75, 3.05) is 32.8 Å². The Morgan fingerprint density at radius 2 is 1.09 bits per heavy atom. The summed E-state index contributed by atoms with van der Waals surface area (Å²) in [6.45, 7) is 14.3. The molecule has 0 unspecified atom stereocenters. The number of alkyl halides is 6. The molecule has 12 amide bonds.